The standard InChI is InChI=1S/C27H24ClN3O5/c1-15-5-10-19(13-16(15)2)31-26(33)23(28)24(27(31)34)29-18-8-6-17(7-9-18)25(32)30-21-12-11-20(35-3)14-22(21)36-4/h5-14,29H,1-4H3,(H,30,32). The Morgan fingerprint density at radius 3 is 2.22 bits per heavy atom. The molecule has 0 aromatic heterocycles. The summed E-state index contributed by atoms with van der Waals surface area (Å²) >= 11 is 6.23. The third kappa shape index (κ3) is 4.76. The predicted molar refractivity (Wildman–Crippen MR) is 139 cm³/mol. The van der Waals surface area contributed by atoms with E-state index in [2.05, 4.69) is 10.6 Å². The molecule has 1 aliphatic rings. The zero-order valence-corrected chi connectivity index (χ0v) is 20.9. The van der Waals surface area contributed by atoms with Crippen LogP contribution in [-0.2, 0) is 9.59 Å². The van der Waals surface area contributed by atoms with Gasteiger partial charge < -0.3 is 20.1 Å². The fourth-order valence-electron chi connectivity index (χ4n) is 3.66. The molecule has 0 atom stereocenters. The lowest BCUT2D eigenvalue weighted by Gasteiger charge is -2.16. The fourth-order valence-corrected chi connectivity index (χ4v) is 3.87. The van der Waals surface area contributed by atoms with E-state index in [1.165, 1.54) is 7.11 Å². The van der Waals surface area contributed by atoms with E-state index in [-0.39, 0.29) is 16.6 Å². The number of methoxy groups -OCH3 is 2. The number of ether oxygens (including phenoxy) is 2. The van der Waals surface area contributed by atoms with Crippen molar-refractivity contribution < 1.29 is 23.9 Å². The third-order valence-corrected chi connectivity index (χ3v) is 6.20. The Balaban J connectivity index is 1.48. The van der Waals surface area contributed by atoms with Gasteiger partial charge in [0.2, 0.25) is 0 Å². The van der Waals surface area contributed by atoms with Gasteiger partial charge in [-0.15, -0.1) is 0 Å². The molecule has 0 bridgehead atoms. The zero-order valence-electron chi connectivity index (χ0n) is 20.1. The first-order valence-corrected chi connectivity index (χ1v) is 11.4. The molecule has 2 N–H and O–H groups in total. The van der Waals surface area contributed by atoms with Crippen LogP contribution in [0, 0.1) is 13.8 Å². The molecule has 3 amide bonds. The molecule has 8 nitrogen and oxygen atoms in total. The van der Waals surface area contributed by atoms with Gasteiger partial charge in [-0.3, -0.25) is 14.4 Å². The van der Waals surface area contributed by atoms with Crippen LogP contribution < -0.4 is 25.0 Å². The van der Waals surface area contributed by atoms with Gasteiger partial charge in [0.15, 0.2) is 0 Å². The average molecular weight is 506 g/mol. The minimum atomic E-state index is -0.600. The summed E-state index contributed by atoms with van der Waals surface area (Å²) < 4.78 is 10.5. The van der Waals surface area contributed by atoms with Gasteiger partial charge in [-0.05, 0) is 73.5 Å². The Hall–Kier alpha value is -4.30. The quantitative estimate of drug-likeness (QED) is 0.438. The van der Waals surface area contributed by atoms with Crippen LogP contribution >= 0.6 is 11.6 Å². The highest BCUT2D eigenvalue weighted by atomic mass is 35.5. The largest absolute Gasteiger partial charge is 0.497 e. The Morgan fingerprint density at radius 1 is 0.861 bits per heavy atom. The molecule has 1 heterocycles. The number of anilines is 3. The number of amides is 3. The summed E-state index contributed by atoms with van der Waals surface area (Å²) in [5.74, 6) is -0.446. The molecule has 3 aromatic carbocycles. The second-order valence-electron chi connectivity index (χ2n) is 8.13. The fraction of sp³-hybridized carbons (Fsp3) is 0.148. The summed E-state index contributed by atoms with van der Waals surface area (Å²) in [5.41, 5.74) is 3.78. The van der Waals surface area contributed by atoms with E-state index in [1.807, 2.05) is 19.9 Å². The van der Waals surface area contributed by atoms with E-state index in [0.29, 0.717) is 34.1 Å². The van der Waals surface area contributed by atoms with Crippen molar-refractivity contribution >= 4 is 46.4 Å². The molecule has 9 heteroatoms. The molecule has 0 saturated carbocycles. The van der Waals surface area contributed by atoms with Crippen LogP contribution in [0.4, 0.5) is 17.1 Å². The minimum absolute atomic E-state index is 0.0277. The monoisotopic (exact) mass is 505 g/mol. The maximum absolute atomic E-state index is 13.0. The summed E-state index contributed by atoms with van der Waals surface area (Å²) in [7, 11) is 3.04. The molecule has 36 heavy (non-hydrogen) atoms. The second-order valence-corrected chi connectivity index (χ2v) is 8.50. The van der Waals surface area contributed by atoms with Crippen LogP contribution in [0.25, 0.3) is 0 Å². The number of halogens is 1. The highest BCUT2D eigenvalue weighted by Crippen LogP contribution is 2.32. The van der Waals surface area contributed by atoms with Gasteiger partial charge in [0, 0.05) is 17.3 Å². The number of rotatable bonds is 7. The molecule has 0 aliphatic carbocycles. The van der Waals surface area contributed by atoms with Gasteiger partial charge in [-0.1, -0.05) is 17.7 Å². The molecular weight excluding hydrogens is 482 g/mol. The number of hydrogen-bond donors (Lipinski definition) is 2. The summed E-state index contributed by atoms with van der Waals surface area (Å²) in [4.78, 5) is 39.5. The molecular formula is C27H24ClN3O5. The van der Waals surface area contributed by atoms with Gasteiger partial charge in [-0.25, -0.2) is 4.90 Å². The Bertz CT molecular complexity index is 1400. The Kier molecular flexibility index (Phi) is 6.98. The number of nitrogens with zero attached hydrogens (tertiary/aromatic N) is 1. The van der Waals surface area contributed by atoms with Crippen molar-refractivity contribution in [3.8, 4) is 11.5 Å². The van der Waals surface area contributed by atoms with Crippen LogP contribution in [0.5, 0.6) is 11.5 Å². The molecule has 0 saturated heterocycles. The molecule has 0 spiro atoms. The molecule has 1 aliphatic heterocycles. The van der Waals surface area contributed by atoms with Gasteiger partial charge in [0.05, 0.1) is 25.6 Å². The first-order chi connectivity index (χ1) is 17.2. The Labute approximate surface area is 213 Å². The van der Waals surface area contributed by atoms with Crippen LogP contribution in [-0.4, -0.2) is 31.9 Å². The zero-order chi connectivity index (χ0) is 26.0. The first-order valence-electron chi connectivity index (χ1n) is 11.0. The summed E-state index contributed by atoms with van der Waals surface area (Å²) in [5, 5.41) is 5.51. The number of benzene rings is 3. The van der Waals surface area contributed by atoms with Crippen molar-refractivity contribution in [3.05, 3.63) is 88.1 Å². The van der Waals surface area contributed by atoms with Crippen LogP contribution in [0.2, 0.25) is 0 Å². The lowest BCUT2D eigenvalue weighted by atomic mass is 10.1. The predicted octanol–water partition coefficient (Wildman–Crippen LogP) is 5.01. The van der Waals surface area contributed by atoms with Gasteiger partial charge in [-0.2, -0.15) is 0 Å². The van der Waals surface area contributed by atoms with Crippen molar-refractivity contribution in [1.29, 1.82) is 0 Å². The molecule has 0 radical (unpaired) electrons. The maximum Gasteiger partial charge on any atom is 0.283 e. The molecule has 3 aromatic rings. The van der Waals surface area contributed by atoms with Crippen molar-refractivity contribution in [1.82, 2.24) is 0 Å². The number of imide groups is 1. The topological polar surface area (TPSA) is 97.0 Å². The summed E-state index contributed by atoms with van der Waals surface area (Å²) in [6.07, 6.45) is 0. The van der Waals surface area contributed by atoms with E-state index < -0.39 is 11.8 Å². The third-order valence-electron chi connectivity index (χ3n) is 5.85. The molecule has 184 valence electrons. The van der Waals surface area contributed by atoms with Crippen molar-refractivity contribution in [2.75, 3.05) is 29.8 Å². The lowest BCUT2D eigenvalue weighted by molar-refractivity contribution is -0.120. The summed E-state index contributed by atoms with van der Waals surface area (Å²) in [6.45, 7) is 3.85. The number of nitrogens with one attached hydrogen (secondary N) is 2. The minimum Gasteiger partial charge on any atom is -0.497 e. The van der Waals surface area contributed by atoms with E-state index in [9.17, 15) is 14.4 Å². The van der Waals surface area contributed by atoms with E-state index >= 15 is 0 Å². The van der Waals surface area contributed by atoms with Crippen molar-refractivity contribution in [2.45, 2.75) is 13.8 Å². The van der Waals surface area contributed by atoms with E-state index in [4.69, 9.17) is 21.1 Å². The second kappa shape index (κ2) is 10.1. The van der Waals surface area contributed by atoms with Crippen molar-refractivity contribution in [2.24, 2.45) is 0 Å². The SMILES string of the molecule is COc1ccc(NC(=O)c2ccc(NC3=C(Cl)C(=O)N(c4ccc(C)c(C)c4)C3=O)cc2)c(OC)c1. The average Bonchev–Trinajstić information content (AvgIpc) is 3.09. The van der Waals surface area contributed by atoms with Gasteiger partial charge in [0.25, 0.3) is 17.7 Å². The molecule has 4 rings (SSSR count). The highest BCUT2D eigenvalue weighted by Gasteiger charge is 2.39. The number of aryl methyl sites for hydroxylation is 2. The number of carbonyl (C=O) groups is 3. The van der Waals surface area contributed by atoms with Crippen LogP contribution in [0.1, 0.15) is 21.5 Å². The molecule has 0 unspecified atom stereocenters. The number of carbonyl (C=O) groups excluding carboxylic acids is 3. The number of hydrogen-bond acceptors (Lipinski definition) is 6. The van der Waals surface area contributed by atoms with E-state index in [0.717, 1.165) is 16.0 Å². The highest BCUT2D eigenvalue weighted by molar-refractivity contribution is 6.53. The first kappa shape index (κ1) is 24.8. The summed E-state index contributed by atoms with van der Waals surface area (Å²) in [6, 6.07) is 16.8. The van der Waals surface area contributed by atoms with Crippen LogP contribution in [0.15, 0.2) is 71.4 Å². The van der Waals surface area contributed by atoms with Gasteiger partial charge >= 0.3 is 0 Å². The Morgan fingerprint density at radius 2 is 1.58 bits per heavy atom. The smallest absolute Gasteiger partial charge is 0.283 e. The van der Waals surface area contributed by atoms with Crippen LogP contribution in [0.3, 0.4) is 0 Å². The van der Waals surface area contributed by atoms with Gasteiger partial charge in [0.1, 0.15) is 22.2 Å². The molecule has 0 fully saturated rings. The van der Waals surface area contributed by atoms with Crippen molar-refractivity contribution in [3.63, 3.8) is 0 Å². The normalized spacial score (nSPS) is 13.2. The lowest BCUT2D eigenvalue weighted by Crippen LogP contribution is -2.32. The maximum atomic E-state index is 13.0. The van der Waals surface area contributed by atoms with E-state index in [1.54, 1.807) is 61.7 Å².